The van der Waals surface area contributed by atoms with Crippen LogP contribution in [0.15, 0.2) is 48.5 Å². The monoisotopic (exact) mass is 295 g/mol. The van der Waals surface area contributed by atoms with Gasteiger partial charge in [-0.3, -0.25) is 0 Å². The van der Waals surface area contributed by atoms with Crippen molar-refractivity contribution in [3.05, 3.63) is 69.7 Å². The van der Waals surface area contributed by atoms with Crippen molar-refractivity contribution in [2.75, 3.05) is 6.54 Å². The van der Waals surface area contributed by atoms with Gasteiger partial charge in [-0.05, 0) is 23.3 Å². The average molecular weight is 296 g/mol. The third-order valence-electron chi connectivity index (χ3n) is 3.16. The Bertz CT molecular complexity index is 559. The molecule has 0 aliphatic rings. The molecule has 0 saturated heterocycles. The molecule has 100 valence electrons. The first-order valence-electron chi connectivity index (χ1n) is 6.02. The second kappa shape index (κ2) is 6.40. The fourth-order valence-electron chi connectivity index (χ4n) is 2.13. The number of nitrogens with two attached hydrogens (primary N) is 1. The first-order chi connectivity index (χ1) is 9.15. The summed E-state index contributed by atoms with van der Waals surface area (Å²) >= 11 is 12.3. The number of hydrogen-bond acceptors (Lipinski definition) is 2. The zero-order valence-electron chi connectivity index (χ0n) is 10.3. The highest BCUT2D eigenvalue weighted by atomic mass is 35.5. The highest BCUT2D eigenvalue weighted by Gasteiger charge is 2.24. The van der Waals surface area contributed by atoms with E-state index in [-0.39, 0.29) is 12.5 Å². The highest BCUT2D eigenvalue weighted by Crippen LogP contribution is 2.36. The normalized spacial score (nSPS) is 14.1. The van der Waals surface area contributed by atoms with Crippen LogP contribution in [0, 0.1) is 0 Å². The standard InChI is InChI=1S/C15H15Cl2NO/c16-13-7-3-1-5-10(13)12(9-18)15(19)11-6-2-4-8-14(11)17/h1-8,12,15,19H,9,18H2. The maximum Gasteiger partial charge on any atom is 0.0885 e. The van der Waals surface area contributed by atoms with E-state index in [0.29, 0.717) is 15.6 Å². The molecule has 4 heteroatoms. The predicted molar refractivity (Wildman–Crippen MR) is 79.7 cm³/mol. The number of aliphatic hydroxyl groups excluding tert-OH is 1. The summed E-state index contributed by atoms with van der Waals surface area (Å²) in [4.78, 5) is 0. The van der Waals surface area contributed by atoms with Crippen LogP contribution in [-0.2, 0) is 0 Å². The maximum atomic E-state index is 10.5. The van der Waals surface area contributed by atoms with E-state index in [1.165, 1.54) is 0 Å². The van der Waals surface area contributed by atoms with Crippen molar-refractivity contribution in [3.8, 4) is 0 Å². The molecule has 3 N–H and O–H groups in total. The van der Waals surface area contributed by atoms with Crippen molar-refractivity contribution in [1.82, 2.24) is 0 Å². The smallest absolute Gasteiger partial charge is 0.0885 e. The molecule has 0 amide bonds. The van der Waals surface area contributed by atoms with Crippen LogP contribution < -0.4 is 5.73 Å². The third kappa shape index (κ3) is 3.10. The van der Waals surface area contributed by atoms with Crippen LogP contribution in [0.25, 0.3) is 0 Å². The van der Waals surface area contributed by atoms with Crippen LogP contribution in [0.1, 0.15) is 23.1 Å². The number of aliphatic hydroxyl groups is 1. The van der Waals surface area contributed by atoms with Crippen LogP contribution in [0.5, 0.6) is 0 Å². The average Bonchev–Trinajstić information content (AvgIpc) is 2.42. The van der Waals surface area contributed by atoms with E-state index in [4.69, 9.17) is 28.9 Å². The summed E-state index contributed by atoms with van der Waals surface area (Å²) in [5, 5.41) is 11.6. The van der Waals surface area contributed by atoms with Crippen molar-refractivity contribution >= 4 is 23.2 Å². The molecule has 2 rings (SSSR count). The first-order valence-corrected chi connectivity index (χ1v) is 6.77. The molecule has 2 aromatic rings. The van der Waals surface area contributed by atoms with Crippen LogP contribution >= 0.6 is 23.2 Å². The Labute approximate surface area is 122 Å². The summed E-state index contributed by atoms with van der Waals surface area (Å²) in [6.45, 7) is 0.288. The second-order valence-electron chi connectivity index (χ2n) is 4.33. The van der Waals surface area contributed by atoms with E-state index in [0.717, 1.165) is 5.56 Å². The molecule has 0 bridgehead atoms. The molecule has 2 atom stereocenters. The minimum atomic E-state index is -0.779. The fourth-order valence-corrected chi connectivity index (χ4v) is 2.66. The van der Waals surface area contributed by atoms with Crippen LogP contribution in [0.2, 0.25) is 10.0 Å². The van der Waals surface area contributed by atoms with Gasteiger partial charge in [-0.1, -0.05) is 59.6 Å². The summed E-state index contributed by atoms with van der Waals surface area (Å²) in [5.41, 5.74) is 7.30. The lowest BCUT2D eigenvalue weighted by Gasteiger charge is -2.24. The lowest BCUT2D eigenvalue weighted by molar-refractivity contribution is 0.147. The van der Waals surface area contributed by atoms with Crippen molar-refractivity contribution in [3.63, 3.8) is 0 Å². The van der Waals surface area contributed by atoms with Gasteiger partial charge in [0.05, 0.1) is 6.10 Å². The van der Waals surface area contributed by atoms with E-state index >= 15 is 0 Å². The van der Waals surface area contributed by atoms with Crippen molar-refractivity contribution in [2.45, 2.75) is 12.0 Å². The van der Waals surface area contributed by atoms with Gasteiger partial charge in [0.25, 0.3) is 0 Å². The summed E-state index contributed by atoms with van der Waals surface area (Å²) < 4.78 is 0. The molecule has 0 spiro atoms. The Morgan fingerprint density at radius 2 is 1.37 bits per heavy atom. The molecule has 0 aromatic heterocycles. The van der Waals surface area contributed by atoms with Gasteiger partial charge in [0.15, 0.2) is 0 Å². The molecule has 19 heavy (non-hydrogen) atoms. The number of hydrogen-bond donors (Lipinski definition) is 2. The largest absolute Gasteiger partial charge is 0.388 e. The molecule has 0 heterocycles. The summed E-state index contributed by atoms with van der Waals surface area (Å²) in [6, 6.07) is 14.6. The zero-order valence-corrected chi connectivity index (χ0v) is 11.8. The predicted octanol–water partition coefficient (Wildman–Crippen LogP) is 3.77. The van der Waals surface area contributed by atoms with Gasteiger partial charge in [-0.15, -0.1) is 0 Å². The quantitative estimate of drug-likeness (QED) is 0.902. The second-order valence-corrected chi connectivity index (χ2v) is 5.14. The van der Waals surface area contributed by atoms with Gasteiger partial charge in [0.1, 0.15) is 0 Å². The lowest BCUT2D eigenvalue weighted by Crippen LogP contribution is -2.20. The van der Waals surface area contributed by atoms with Crippen LogP contribution in [-0.4, -0.2) is 11.7 Å². The minimum absolute atomic E-state index is 0.284. The third-order valence-corrected chi connectivity index (χ3v) is 3.85. The Morgan fingerprint density at radius 1 is 0.895 bits per heavy atom. The first kappa shape index (κ1) is 14.4. The Kier molecular flexibility index (Phi) is 4.83. The molecular weight excluding hydrogens is 281 g/mol. The van der Waals surface area contributed by atoms with Gasteiger partial charge >= 0.3 is 0 Å². The van der Waals surface area contributed by atoms with Gasteiger partial charge in [0.2, 0.25) is 0 Å². The minimum Gasteiger partial charge on any atom is -0.388 e. The molecule has 2 unspecified atom stereocenters. The van der Waals surface area contributed by atoms with Crippen molar-refractivity contribution in [1.29, 1.82) is 0 Å². The SMILES string of the molecule is NCC(c1ccccc1Cl)C(O)c1ccccc1Cl. The van der Waals surface area contributed by atoms with Crippen LogP contribution in [0.4, 0.5) is 0 Å². The summed E-state index contributed by atoms with van der Waals surface area (Å²) in [7, 11) is 0. The summed E-state index contributed by atoms with van der Waals surface area (Å²) in [6.07, 6.45) is -0.779. The molecule has 0 saturated carbocycles. The Morgan fingerprint density at radius 3 is 1.84 bits per heavy atom. The topological polar surface area (TPSA) is 46.2 Å². The van der Waals surface area contributed by atoms with E-state index in [2.05, 4.69) is 0 Å². The summed E-state index contributed by atoms with van der Waals surface area (Å²) in [5.74, 6) is -0.284. The van der Waals surface area contributed by atoms with Crippen LogP contribution in [0.3, 0.4) is 0 Å². The molecule has 2 nitrogen and oxygen atoms in total. The fraction of sp³-hybridized carbons (Fsp3) is 0.200. The van der Waals surface area contributed by atoms with Gasteiger partial charge in [0, 0.05) is 22.5 Å². The molecule has 0 radical (unpaired) electrons. The van der Waals surface area contributed by atoms with E-state index < -0.39 is 6.10 Å². The van der Waals surface area contributed by atoms with E-state index in [9.17, 15) is 5.11 Å². The van der Waals surface area contributed by atoms with Gasteiger partial charge in [-0.25, -0.2) is 0 Å². The van der Waals surface area contributed by atoms with Crippen molar-refractivity contribution < 1.29 is 5.11 Å². The molecule has 0 aliphatic carbocycles. The number of benzene rings is 2. The molecule has 0 aliphatic heterocycles. The Hall–Kier alpha value is -1.06. The maximum absolute atomic E-state index is 10.5. The highest BCUT2D eigenvalue weighted by molar-refractivity contribution is 6.31. The Balaban J connectivity index is 2.38. The molecule has 0 fully saturated rings. The lowest BCUT2D eigenvalue weighted by atomic mass is 9.89. The molecule has 2 aromatic carbocycles. The van der Waals surface area contributed by atoms with E-state index in [1.54, 1.807) is 18.2 Å². The number of rotatable bonds is 4. The number of halogens is 2. The van der Waals surface area contributed by atoms with Gasteiger partial charge < -0.3 is 10.8 Å². The molecular formula is C15H15Cl2NO. The van der Waals surface area contributed by atoms with E-state index in [1.807, 2.05) is 30.3 Å². The van der Waals surface area contributed by atoms with Gasteiger partial charge in [-0.2, -0.15) is 0 Å². The van der Waals surface area contributed by atoms with Crippen molar-refractivity contribution in [2.24, 2.45) is 5.73 Å². The zero-order chi connectivity index (χ0) is 13.8.